The SMILES string of the molecule is COC(=O)c1ccc(C)c(NC(=O)N2CCc3[nH]cnc3[C@H]2c2ccc(Cl)cc2F)c1. The lowest BCUT2D eigenvalue weighted by molar-refractivity contribution is 0.0600. The van der Waals surface area contributed by atoms with Crippen LogP contribution in [0.5, 0.6) is 0 Å². The van der Waals surface area contributed by atoms with Gasteiger partial charge in [0.15, 0.2) is 0 Å². The molecule has 0 spiro atoms. The maximum absolute atomic E-state index is 14.8. The summed E-state index contributed by atoms with van der Waals surface area (Å²) in [6.07, 6.45) is 2.09. The standard InChI is InChI=1S/C22H20ClFN4O3/c1-12-3-4-13(21(29)31-2)9-18(12)27-22(30)28-8-7-17-19(26-11-25-17)20(28)15-6-5-14(23)10-16(15)24/h3-6,9-11,20H,7-8H2,1-2H3,(H,25,26)(H,27,30)/t20-/m1/s1. The molecule has 2 aromatic carbocycles. The quantitative estimate of drug-likeness (QED) is 0.585. The number of urea groups is 1. The number of aromatic amines is 1. The molecule has 0 saturated heterocycles. The number of hydrogen-bond donors (Lipinski definition) is 2. The van der Waals surface area contributed by atoms with E-state index in [1.54, 1.807) is 30.3 Å². The molecule has 31 heavy (non-hydrogen) atoms. The number of nitrogens with one attached hydrogen (secondary N) is 2. The molecule has 0 bridgehead atoms. The predicted molar refractivity (Wildman–Crippen MR) is 114 cm³/mol. The van der Waals surface area contributed by atoms with Gasteiger partial charge in [-0.05, 0) is 36.8 Å². The summed E-state index contributed by atoms with van der Waals surface area (Å²) >= 11 is 5.92. The van der Waals surface area contributed by atoms with E-state index in [1.165, 1.54) is 24.4 Å². The summed E-state index contributed by atoms with van der Waals surface area (Å²) in [5, 5.41) is 3.11. The largest absolute Gasteiger partial charge is 0.465 e. The molecule has 7 nitrogen and oxygen atoms in total. The van der Waals surface area contributed by atoms with Gasteiger partial charge in [-0.2, -0.15) is 0 Å². The Morgan fingerprint density at radius 3 is 2.84 bits per heavy atom. The molecule has 3 aromatic rings. The highest BCUT2D eigenvalue weighted by atomic mass is 35.5. The number of amides is 2. The number of benzene rings is 2. The second-order valence-electron chi connectivity index (χ2n) is 7.23. The molecule has 4 rings (SSSR count). The van der Waals surface area contributed by atoms with Gasteiger partial charge in [0.2, 0.25) is 0 Å². The van der Waals surface area contributed by atoms with Gasteiger partial charge in [-0.15, -0.1) is 0 Å². The number of aromatic nitrogens is 2. The van der Waals surface area contributed by atoms with Crippen LogP contribution < -0.4 is 5.32 Å². The lowest BCUT2D eigenvalue weighted by Gasteiger charge is -2.35. The average Bonchev–Trinajstić information content (AvgIpc) is 3.23. The van der Waals surface area contributed by atoms with E-state index in [4.69, 9.17) is 16.3 Å². The number of fused-ring (bicyclic) bond motifs is 1. The van der Waals surface area contributed by atoms with Crippen molar-refractivity contribution < 1.29 is 18.7 Å². The van der Waals surface area contributed by atoms with Crippen molar-refractivity contribution in [1.82, 2.24) is 14.9 Å². The van der Waals surface area contributed by atoms with E-state index in [-0.39, 0.29) is 5.02 Å². The van der Waals surface area contributed by atoms with Crippen LogP contribution in [0.4, 0.5) is 14.9 Å². The molecule has 0 unspecified atom stereocenters. The number of H-pyrrole nitrogens is 1. The highest BCUT2D eigenvalue weighted by molar-refractivity contribution is 6.30. The lowest BCUT2D eigenvalue weighted by atomic mass is 9.95. The zero-order valence-corrected chi connectivity index (χ0v) is 17.7. The van der Waals surface area contributed by atoms with Gasteiger partial charge >= 0.3 is 12.0 Å². The van der Waals surface area contributed by atoms with Gasteiger partial charge < -0.3 is 19.9 Å². The second kappa shape index (κ2) is 8.39. The molecule has 0 fully saturated rings. The van der Waals surface area contributed by atoms with Crippen LogP contribution in [0.2, 0.25) is 5.02 Å². The van der Waals surface area contributed by atoms with Crippen LogP contribution in [-0.4, -0.2) is 40.5 Å². The number of aryl methyl sites for hydroxylation is 1. The number of methoxy groups -OCH3 is 1. The Balaban J connectivity index is 1.69. The molecule has 2 amide bonds. The summed E-state index contributed by atoms with van der Waals surface area (Å²) in [6, 6.07) is 8.12. The number of anilines is 1. The van der Waals surface area contributed by atoms with Crippen molar-refractivity contribution in [3.63, 3.8) is 0 Å². The third-order valence-corrected chi connectivity index (χ3v) is 5.58. The molecule has 0 radical (unpaired) electrons. The van der Waals surface area contributed by atoms with E-state index in [0.717, 1.165) is 11.3 Å². The van der Waals surface area contributed by atoms with E-state index in [9.17, 15) is 14.0 Å². The highest BCUT2D eigenvalue weighted by Crippen LogP contribution is 2.36. The molecule has 160 valence electrons. The van der Waals surface area contributed by atoms with Gasteiger partial charge in [-0.1, -0.05) is 23.7 Å². The minimum Gasteiger partial charge on any atom is -0.465 e. The zero-order valence-electron chi connectivity index (χ0n) is 16.9. The van der Waals surface area contributed by atoms with Crippen molar-refractivity contribution >= 4 is 29.3 Å². The van der Waals surface area contributed by atoms with Gasteiger partial charge in [0, 0.05) is 34.9 Å². The Bertz CT molecular complexity index is 1160. The average molecular weight is 443 g/mol. The normalized spacial score (nSPS) is 15.4. The first-order chi connectivity index (χ1) is 14.9. The van der Waals surface area contributed by atoms with Crippen molar-refractivity contribution in [2.45, 2.75) is 19.4 Å². The number of nitrogens with zero attached hydrogens (tertiary/aromatic N) is 2. The molecule has 2 N–H and O–H groups in total. The van der Waals surface area contributed by atoms with Crippen molar-refractivity contribution in [2.75, 3.05) is 19.0 Å². The Labute approximate surface area is 183 Å². The Morgan fingerprint density at radius 2 is 2.10 bits per heavy atom. The topological polar surface area (TPSA) is 87.3 Å². The van der Waals surface area contributed by atoms with E-state index < -0.39 is 23.9 Å². The van der Waals surface area contributed by atoms with Gasteiger partial charge in [-0.3, -0.25) is 0 Å². The minimum atomic E-state index is -0.726. The Kier molecular flexibility index (Phi) is 5.65. The van der Waals surface area contributed by atoms with Crippen molar-refractivity contribution in [3.05, 3.63) is 81.6 Å². The van der Waals surface area contributed by atoms with E-state index in [0.29, 0.717) is 35.5 Å². The molecule has 1 aliphatic rings. The summed E-state index contributed by atoms with van der Waals surface area (Å²) in [5.41, 5.74) is 3.29. The van der Waals surface area contributed by atoms with Gasteiger partial charge in [0.1, 0.15) is 11.9 Å². The summed E-state index contributed by atoms with van der Waals surface area (Å²) in [4.78, 5) is 34.1. The molecular weight excluding hydrogens is 423 g/mol. The highest BCUT2D eigenvalue weighted by Gasteiger charge is 2.36. The second-order valence-corrected chi connectivity index (χ2v) is 7.67. The van der Waals surface area contributed by atoms with E-state index in [1.807, 2.05) is 6.92 Å². The van der Waals surface area contributed by atoms with Crippen LogP contribution in [0.3, 0.4) is 0 Å². The summed E-state index contributed by atoms with van der Waals surface area (Å²) in [5.74, 6) is -1.02. The maximum Gasteiger partial charge on any atom is 0.337 e. The molecule has 0 saturated carbocycles. The molecular formula is C22H20ClFN4O3. The van der Waals surface area contributed by atoms with Gasteiger partial charge in [0.05, 0.1) is 24.7 Å². The van der Waals surface area contributed by atoms with Crippen molar-refractivity contribution in [1.29, 1.82) is 0 Å². The van der Waals surface area contributed by atoms with Crippen LogP contribution in [0.15, 0.2) is 42.7 Å². The Morgan fingerprint density at radius 1 is 1.29 bits per heavy atom. The first-order valence-electron chi connectivity index (χ1n) is 9.62. The number of rotatable bonds is 3. The number of ether oxygens (including phenoxy) is 1. The van der Waals surface area contributed by atoms with Gasteiger partial charge in [0.25, 0.3) is 0 Å². The number of imidazole rings is 1. The van der Waals surface area contributed by atoms with Crippen LogP contribution in [0.1, 0.15) is 38.9 Å². The van der Waals surface area contributed by atoms with E-state index in [2.05, 4.69) is 15.3 Å². The fourth-order valence-electron chi connectivity index (χ4n) is 3.72. The smallest absolute Gasteiger partial charge is 0.337 e. The third-order valence-electron chi connectivity index (χ3n) is 5.34. The first-order valence-corrected chi connectivity index (χ1v) is 10.0. The fourth-order valence-corrected chi connectivity index (χ4v) is 3.88. The van der Waals surface area contributed by atoms with Gasteiger partial charge in [-0.25, -0.2) is 19.0 Å². The van der Waals surface area contributed by atoms with Crippen molar-refractivity contribution in [3.8, 4) is 0 Å². The Hall–Kier alpha value is -3.39. The van der Waals surface area contributed by atoms with Crippen LogP contribution in [0.25, 0.3) is 0 Å². The summed E-state index contributed by atoms with van der Waals surface area (Å²) in [7, 11) is 1.29. The minimum absolute atomic E-state index is 0.269. The number of carbonyl (C=O) groups is 2. The third kappa shape index (κ3) is 3.98. The maximum atomic E-state index is 14.8. The zero-order chi connectivity index (χ0) is 22.1. The van der Waals surface area contributed by atoms with E-state index >= 15 is 0 Å². The molecule has 1 aliphatic heterocycles. The molecule has 0 aliphatic carbocycles. The fraction of sp³-hybridized carbons (Fsp3) is 0.227. The molecule has 9 heteroatoms. The predicted octanol–water partition coefficient (Wildman–Crippen LogP) is 4.48. The number of carbonyl (C=O) groups excluding carboxylic acids is 2. The molecule has 2 heterocycles. The number of halogens is 2. The first kappa shape index (κ1) is 20.9. The summed E-state index contributed by atoms with van der Waals surface area (Å²) in [6.45, 7) is 2.17. The molecule has 1 aromatic heterocycles. The monoisotopic (exact) mass is 442 g/mol. The van der Waals surface area contributed by atoms with Crippen LogP contribution in [-0.2, 0) is 11.2 Å². The molecule has 1 atom stereocenters. The number of hydrogen-bond acceptors (Lipinski definition) is 4. The van der Waals surface area contributed by atoms with Crippen LogP contribution in [0, 0.1) is 12.7 Å². The number of esters is 1. The lowest BCUT2D eigenvalue weighted by Crippen LogP contribution is -2.43. The van der Waals surface area contributed by atoms with Crippen molar-refractivity contribution in [2.24, 2.45) is 0 Å². The van der Waals surface area contributed by atoms with Crippen LogP contribution >= 0.6 is 11.6 Å². The summed E-state index contributed by atoms with van der Waals surface area (Å²) < 4.78 is 19.6.